The predicted molar refractivity (Wildman–Crippen MR) is 79.4 cm³/mol. The zero-order valence-corrected chi connectivity index (χ0v) is 12.4. The van der Waals surface area contributed by atoms with Crippen molar-refractivity contribution in [2.24, 2.45) is 0 Å². The molecule has 0 saturated carbocycles. The van der Waals surface area contributed by atoms with E-state index in [2.05, 4.69) is 15.0 Å². The molecule has 2 aromatic heterocycles. The van der Waals surface area contributed by atoms with Crippen LogP contribution in [0.5, 0.6) is 0 Å². The molecule has 8 heteroatoms. The summed E-state index contributed by atoms with van der Waals surface area (Å²) in [5.74, 6) is 0.233. The first-order chi connectivity index (χ1) is 10.0. The van der Waals surface area contributed by atoms with Gasteiger partial charge in [-0.25, -0.2) is 4.98 Å². The molecule has 0 aliphatic heterocycles. The highest BCUT2D eigenvalue weighted by molar-refractivity contribution is 6.28. The van der Waals surface area contributed by atoms with E-state index in [-0.39, 0.29) is 22.5 Å². The number of rotatable bonds is 5. The van der Waals surface area contributed by atoms with Crippen molar-refractivity contribution in [1.82, 2.24) is 15.0 Å². The van der Waals surface area contributed by atoms with E-state index in [1.165, 1.54) is 0 Å². The number of aromatic nitrogens is 3. The third kappa shape index (κ3) is 3.43. The molecule has 0 aromatic carbocycles. The van der Waals surface area contributed by atoms with Crippen LogP contribution < -0.4 is 4.90 Å². The monoisotopic (exact) mass is 307 g/mol. The lowest BCUT2D eigenvalue weighted by Gasteiger charge is -2.22. The lowest BCUT2D eigenvalue weighted by Crippen LogP contribution is -2.24. The van der Waals surface area contributed by atoms with E-state index >= 15 is 0 Å². The molecule has 0 amide bonds. The minimum atomic E-state index is -0.476. The summed E-state index contributed by atoms with van der Waals surface area (Å²) in [6, 6.07) is 3.70. The van der Waals surface area contributed by atoms with Crippen LogP contribution in [0.3, 0.4) is 0 Å². The molecule has 2 heterocycles. The van der Waals surface area contributed by atoms with Crippen molar-refractivity contribution in [2.75, 3.05) is 11.4 Å². The first-order valence-corrected chi connectivity index (χ1v) is 6.73. The lowest BCUT2D eigenvalue weighted by atomic mass is 10.2. The van der Waals surface area contributed by atoms with Crippen LogP contribution in [0.4, 0.5) is 11.5 Å². The first-order valence-electron chi connectivity index (χ1n) is 6.35. The summed E-state index contributed by atoms with van der Waals surface area (Å²) in [6.45, 7) is 4.48. The van der Waals surface area contributed by atoms with Gasteiger partial charge in [0, 0.05) is 25.5 Å². The molecule has 7 nitrogen and oxygen atoms in total. The smallest absolute Gasteiger partial charge is 0.332 e. The van der Waals surface area contributed by atoms with Gasteiger partial charge in [0.1, 0.15) is 5.69 Å². The fourth-order valence-corrected chi connectivity index (χ4v) is 2.20. The van der Waals surface area contributed by atoms with E-state index in [0.29, 0.717) is 13.1 Å². The third-order valence-corrected chi connectivity index (χ3v) is 3.17. The second-order valence-electron chi connectivity index (χ2n) is 4.38. The Morgan fingerprint density at radius 1 is 1.33 bits per heavy atom. The summed E-state index contributed by atoms with van der Waals surface area (Å²) in [6.07, 6.45) is 3.35. The Morgan fingerprint density at radius 3 is 2.57 bits per heavy atom. The Balaban J connectivity index is 2.44. The summed E-state index contributed by atoms with van der Waals surface area (Å²) >= 11 is 5.85. The van der Waals surface area contributed by atoms with E-state index in [4.69, 9.17) is 11.6 Å². The van der Waals surface area contributed by atoms with E-state index in [1.807, 2.05) is 19.1 Å². The van der Waals surface area contributed by atoms with Crippen molar-refractivity contribution in [1.29, 1.82) is 0 Å². The number of anilines is 1. The molecule has 2 aromatic rings. The summed E-state index contributed by atoms with van der Waals surface area (Å²) in [4.78, 5) is 24.4. The molecule has 0 aliphatic rings. The maximum absolute atomic E-state index is 11.3. The Hall–Kier alpha value is -2.28. The Labute approximate surface area is 126 Å². The molecular formula is C13H14ClN5O2. The summed E-state index contributed by atoms with van der Waals surface area (Å²) in [5.41, 5.74) is 1.12. The predicted octanol–water partition coefficient (Wildman–Crippen LogP) is 2.77. The van der Waals surface area contributed by atoms with Gasteiger partial charge in [-0.2, -0.15) is 4.98 Å². The van der Waals surface area contributed by atoms with Crippen LogP contribution in [0.1, 0.15) is 18.2 Å². The standard InChI is InChI=1S/C13H14ClN5O2/c1-3-18(8-10-4-6-15-7-5-10)12-11(19(20)21)9(2)16-13(14)17-12/h4-7H,3,8H2,1-2H3. The minimum Gasteiger partial charge on any atom is -0.347 e. The molecule has 0 unspecified atom stereocenters. The second-order valence-corrected chi connectivity index (χ2v) is 4.72. The molecule has 0 spiro atoms. The van der Waals surface area contributed by atoms with Crippen LogP contribution in [0.25, 0.3) is 0 Å². The zero-order chi connectivity index (χ0) is 15.4. The van der Waals surface area contributed by atoms with Gasteiger partial charge in [0.2, 0.25) is 11.1 Å². The molecule has 0 radical (unpaired) electrons. The largest absolute Gasteiger partial charge is 0.347 e. The number of aryl methyl sites for hydroxylation is 1. The van der Waals surface area contributed by atoms with Crippen molar-refractivity contribution in [3.8, 4) is 0 Å². The number of hydrogen-bond donors (Lipinski definition) is 0. The lowest BCUT2D eigenvalue weighted by molar-refractivity contribution is -0.385. The van der Waals surface area contributed by atoms with Gasteiger partial charge in [0.05, 0.1) is 4.92 Å². The van der Waals surface area contributed by atoms with Gasteiger partial charge in [-0.15, -0.1) is 0 Å². The van der Waals surface area contributed by atoms with Gasteiger partial charge >= 0.3 is 5.69 Å². The fraction of sp³-hybridized carbons (Fsp3) is 0.308. The fourth-order valence-electron chi connectivity index (χ4n) is 2.00. The number of pyridine rings is 1. The van der Waals surface area contributed by atoms with E-state index < -0.39 is 4.92 Å². The van der Waals surface area contributed by atoms with Crippen LogP contribution in [0.15, 0.2) is 24.5 Å². The van der Waals surface area contributed by atoms with Gasteiger partial charge in [0.25, 0.3) is 0 Å². The first kappa shape index (κ1) is 15.1. The Kier molecular flexibility index (Phi) is 4.64. The van der Waals surface area contributed by atoms with Crippen LogP contribution in [0, 0.1) is 17.0 Å². The van der Waals surface area contributed by atoms with E-state index in [1.54, 1.807) is 24.2 Å². The average molecular weight is 308 g/mol. The normalized spacial score (nSPS) is 10.4. The molecule has 2 rings (SSSR count). The van der Waals surface area contributed by atoms with Gasteiger partial charge < -0.3 is 4.90 Å². The molecule has 0 bridgehead atoms. The molecular weight excluding hydrogens is 294 g/mol. The molecule has 0 saturated heterocycles. The SMILES string of the molecule is CCN(Cc1ccncc1)c1nc(Cl)nc(C)c1[N+](=O)[O-]. The number of nitro groups is 1. The van der Waals surface area contributed by atoms with Crippen molar-refractivity contribution in [3.05, 3.63) is 51.2 Å². The van der Waals surface area contributed by atoms with Crippen molar-refractivity contribution in [3.63, 3.8) is 0 Å². The zero-order valence-electron chi connectivity index (χ0n) is 11.7. The van der Waals surface area contributed by atoms with Crippen LogP contribution in [-0.4, -0.2) is 26.4 Å². The van der Waals surface area contributed by atoms with E-state index in [9.17, 15) is 10.1 Å². The van der Waals surface area contributed by atoms with Gasteiger partial charge in [-0.1, -0.05) is 0 Å². The Bertz CT molecular complexity index is 651. The van der Waals surface area contributed by atoms with Gasteiger partial charge in [-0.05, 0) is 43.1 Å². The van der Waals surface area contributed by atoms with Crippen LogP contribution in [0.2, 0.25) is 5.28 Å². The summed E-state index contributed by atoms with van der Waals surface area (Å²) < 4.78 is 0. The number of halogens is 1. The van der Waals surface area contributed by atoms with Gasteiger partial charge in [0.15, 0.2) is 0 Å². The van der Waals surface area contributed by atoms with Crippen molar-refractivity contribution >= 4 is 23.1 Å². The highest BCUT2D eigenvalue weighted by atomic mass is 35.5. The van der Waals surface area contributed by atoms with Crippen LogP contribution in [-0.2, 0) is 6.54 Å². The molecule has 110 valence electrons. The third-order valence-electron chi connectivity index (χ3n) is 3.00. The maximum atomic E-state index is 11.3. The quantitative estimate of drug-likeness (QED) is 0.479. The van der Waals surface area contributed by atoms with Crippen molar-refractivity contribution < 1.29 is 4.92 Å². The Morgan fingerprint density at radius 2 is 2.00 bits per heavy atom. The minimum absolute atomic E-state index is 0.00118. The number of nitrogens with zero attached hydrogens (tertiary/aromatic N) is 5. The summed E-state index contributed by atoms with van der Waals surface area (Å²) in [7, 11) is 0. The molecule has 0 atom stereocenters. The molecule has 21 heavy (non-hydrogen) atoms. The highest BCUT2D eigenvalue weighted by Crippen LogP contribution is 2.30. The molecule has 0 fully saturated rings. The summed E-state index contributed by atoms with van der Waals surface area (Å²) in [5, 5.41) is 11.3. The maximum Gasteiger partial charge on any atom is 0.332 e. The molecule has 0 aliphatic carbocycles. The van der Waals surface area contributed by atoms with Crippen LogP contribution >= 0.6 is 11.6 Å². The average Bonchev–Trinajstić information content (AvgIpc) is 2.44. The molecule has 0 N–H and O–H groups in total. The topological polar surface area (TPSA) is 85.0 Å². The van der Waals surface area contributed by atoms with Gasteiger partial charge in [-0.3, -0.25) is 15.1 Å². The van der Waals surface area contributed by atoms with Crippen molar-refractivity contribution in [2.45, 2.75) is 20.4 Å². The number of hydrogen-bond acceptors (Lipinski definition) is 6. The second kappa shape index (κ2) is 6.45. The van der Waals surface area contributed by atoms with E-state index in [0.717, 1.165) is 5.56 Å². The highest BCUT2D eigenvalue weighted by Gasteiger charge is 2.25.